The molecule has 1 atom stereocenters. The van der Waals surface area contributed by atoms with E-state index in [0.29, 0.717) is 16.4 Å². The molecule has 34 heavy (non-hydrogen) atoms. The lowest BCUT2D eigenvalue weighted by atomic mass is 10.1. The molecule has 0 bridgehead atoms. The van der Waals surface area contributed by atoms with Gasteiger partial charge in [-0.2, -0.15) is 0 Å². The highest BCUT2D eigenvalue weighted by Crippen LogP contribution is 2.32. The molecule has 2 amide bonds. The van der Waals surface area contributed by atoms with Crippen LogP contribution in [-0.4, -0.2) is 45.4 Å². The van der Waals surface area contributed by atoms with Crippen molar-refractivity contribution in [3.05, 3.63) is 83.2 Å². The first kappa shape index (κ1) is 23.3. The van der Waals surface area contributed by atoms with Crippen LogP contribution in [0.25, 0.3) is 0 Å². The molecule has 2 heterocycles. The third kappa shape index (κ3) is 5.20. The maximum Gasteiger partial charge on any atom is 0.338 e. The average Bonchev–Trinajstić information content (AvgIpc) is 3.09. The molecule has 1 fully saturated rings. The first-order valence-corrected chi connectivity index (χ1v) is 11.4. The van der Waals surface area contributed by atoms with Crippen molar-refractivity contribution < 1.29 is 23.9 Å². The fourth-order valence-corrected chi connectivity index (χ4v) is 4.59. The van der Waals surface area contributed by atoms with Crippen LogP contribution in [0.3, 0.4) is 0 Å². The highest BCUT2D eigenvalue weighted by Gasteiger charge is 2.40. The van der Waals surface area contributed by atoms with E-state index in [2.05, 4.69) is 9.97 Å². The van der Waals surface area contributed by atoms with Crippen LogP contribution in [0.2, 0.25) is 0 Å². The summed E-state index contributed by atoms with van der Waals surface area (Å²) >= 11 is 1.16. The molecule has 8 nitrogen and oxygen atoms in total. The third-order valence-corrected chi connectivity index (χ3v) is 6.15. The second-order valence-electron chi connectivity index (χ2n) is 7.72. The van der Waals surface area contributed by atoms with Gasteiger partial charge in [0, 0.05) is 23.4 Å². The fraction of sp³-hybridized carbons (Fsp3) is 0.200. The van der Waals surface area contributed by atoms with E-state index in [1.54, 1.807) is 30.3 Å². The number of carbonyl (C=O) groups is 4. The van der Waals surface area contributed by atoms with Crippen LogP contribution in [0.4, 0.5) is 5.69 Å². The number of rotatable bonds is 7. The topological polar surface area (TPSA) is 107 Å². The maximum absolute atomic E-state index is 12.9. The SMILES string of the molecule is Cc1cc(C)nc(SC2CC(=O)N(c3ccc(C(=O)OCC(=O)c4ccccc4)cc3)C2=O)n1. The normalized spacial score (nSPS) is 15.5. The summed E-state index contributed by atoms with van der Waals surface area (Å²) in [6.07, 6.45) is 0.0330. The molecule has 172 valence electrons. The van der Waals surface area contributed by atoms with Crippen molar-refractivity contribution in [3.8, 4) is 0 Å². The van der Waals surface area contributed by atoms with Gasteiger partial charge in [0.15, 0.2) is 17.5 Å². The van der Waals surface area contributed by atoms with Gasteiger partial charge in [-0.3, -0.25) is 14.4 Å². The number of hydrogen-bond acceptors (Lipinski definition) is 8. The van der Waals surface area contributed by atoms with Gasteiger partial charge in [0.2, 0.25) is 11.8 Å². The summed E-state index contributed by atoms with van der Waals surface area (Å²) < 4.78 is 5.10. The predicted octanol–water partition coefficient (Wildman–Crippen LogP) is 3.56. The Morgan fingerprint density at radius 2 is 1.62 bits per heavy atom. The van der Waals surface area contributed by atoms with Gasteiger partial charge in [0.1, 0.15) is 5.25 Å². The van der Waals surface area contributed by atoms with E-state index in [0.717, 1.165) is 28.0 Å². The summed E-state index contributed by atoms with van der Waals surface area (Å²) in [5.41, 5.74) is 2.60. The standard InChI is InChI=1S/C25H21N3O5S/c1-15-12-16(2)27-25(26-15)34-21-13-22(30)28(23(21)31)19-10-8-18(9-11-19)24(32)33-14-20(29)17-6-4-3-5-7-17/h3-12,21H,13-14H2,1-2H3. The van der Waals surface area contributed by atoms with Gasteiger partial charge < -0.3 is 4.74 Å². The Morgan fingerprint density at radius 1 is 0.971 bits per heavy atom. The summed E-state index contributed by atoms with van der Waals surface area (Å²) in [7, 11) is 0. The third-order valence-electron chi connectivity index (χ3n) is 5.11. The van der Waals surface area contributed by atoms with Gasteiger partial charge in [-0.15, -0.1) is 0 Å². The molecular formula is C25H21N3O5S. The molecule has 0 aliphatic carbocycles. The monoisotopic (exact) mass is 475 g/mol. The average molecular weight is 476 g/mol. The number of thioether (sulfide) groups is 1. The van der Waals surface area contributed by atoms with Crippen molar-refractivity contribution in [1.82, 2.24) is 9.97 Å². The van der Waals surface area contributed by atoms with Crippen molar-refractivity contribution in [2.45, 2.75) is 30.7 Å². The number of benzene rings is 2. The van der Waals surface area contributed by atoms with Crippen LogP contribution in [-0.2, 0) is 14.3 Å². The lowest BCUT2D eigenvalue weighted by Crippen LogP contribution is -2.31. The highest BCUT2D eigenvalue weighted by atomic mass is 32.2. The molecule has 1 unspecified atom stereocenters. The van der Waals surface area contributed by atoms with Crippen molar-refractivity contribution in [2.24, 2.45) is 0 Å². The molecule has 4 rings (SSSR count). The number of hydrogen-bond donors (Lipinski definition) is 0. The van der Waals surface area contributed by atoms with E-state index in [-0.39, 0.29) is 36.2 Å². The first-order valence-electron chi connectivity index (χ1n) is 10.5. The quantitative estimate of drug-likeness (QED) is 0.221. The molecule has 1 aliphatic heterocycles. The number of esters is 1. The first-order chi connectivity index (χ1) is 16.3. The number of anilines is 1. The predicted molar refractivity (Wildman–Crippen MR) is 126 cm³/mol. The largest absolute Gasteiger partial charge is 0.454 e. The number of nitrogens with zero attached hydrogens (tertiary/aromatic N) is 3. The lowest BCUT2D eigenvalue weighted by Gasteiger charge is -2.15. The Morgan fingerprint density at radius 3 is 2.26 bits per heavy atom. The maximum atomic E-state index is 12.9. The van der Waals surface area contributed by atoms with Crippen LogP contribution >= 0.6 is 11.8 Å². The van der Waals surface area contributed by atoms with Crippen LogP contribution < -0.4 is 4.90 Å². The molecule has 0 radical (unpaired) electrons. The van der Waals surface area contributed by atoms with Gasteiger partial charge in [0.25, 0.3) is 0 Å². The molecule has 1 aliphatic rings. The van der Waals surface area contributed by atoms with E-state index >= 15 is 0 Å². The molecule has 9 heteroatoms. The Balaban J connectivity index is 1.39. The van der Waals surface area contributed by atoms with E-state index < -0.39 is 11.2 Å². The van der Waals surface area contributed by atoms with Gasteiger partial charge in [-0.1, -0.05) is 42.1 Å². The van der Waals surface area contributed by atoms with E-state index in [9.17, 15) is 19.2 Å². The summed E-state index contributed by atoms with van der Waals surface area (Å²) in [6.45, 7) is 3.31. The molecule has 0 N–H and O–H groups in total. The summed E-state index contributed by atoms with van der Waals surface area (Å²) in [5, 5.41) is -0.170. The summed E-state index contributed by atoms with van der Waals surface area (Å²) in [5.74, 6) is -1.68. The smallest absolute Gasteiger partial charge is 0.338 e. The molecule has 0 saturated carbocycles. The minimum Gasteiger partial charge on any atom is -0.454 e. The van der Waals surface area contributed by atoms with E-state index in [4.69, 9.17) is 4.74 Å². The number of amides is 2. The van der Waals surface area contributed by atoms with Crippen molar-refractivity contribution in [3.63, 3.8) is 0 Å². The zero-order valence-corrected chi connectivity index (χ0v) is 19.4. The van der Waals surface area contributed by atoms with E-state index in [1.807, 2.05) is 19.9 Å². The number of aromatic nitrogens is 2. The van der Waals surface area contributed by atoms with Crippen molar-refractivity contribution in [1.29, 1.82) is 0 Å². The van der Waals surface area contributed by atoms with Gasteiger partial charge in [0.05, 0.1) is 11.3 Å². The number of ketones is 1. The number of aryl methyl sites for hydroxylation is 2. The second kappa shape index (κ2) is 9.96. The van der Waals surface area contributed by atoms with Gasteiger partial charge in [-0.25, -0.2) is 19.7 Å². The molecule has 0 spiro atoms. The Kier molecular flexibility index (Phi) is 6.83. The van der Waals surface area contributed by atoms with Crippen LogP contribution in [0, 0.1) is 13.8 Å². The number of imide groups is 1. The van der Waals surface area contributed by atoms with E-state index in [1.165, 1.54) is 24.3 Å². The highest BCUT2D eigenvalue weighted by molar-refractivity contribution is 8.00. The minimum absolute atomic E-state index is 0.0330. The van der Waals surface area contributed by atoms with Crippen molar-refractivity contribution >= 4 is 41.0 Å². The van der Waals surface area contributed by atoms with Crippen molar-refractivity contribution in [2.75, 3.05) is 11.5 Å². The lowest BCUT2D eigenvalue weighted by molar-refractivity contribution is -0.121. The molecular weight excluding hydrogens is 454 g/mol. The molecule has 3 aromatic rings. The summed E-state index contributed by atoms with van der Waals surface area (Å²) in [6, 6.07) is 16.3. The fourth-order valence-electron chi connectivity index (χ4n) is 3.51. The Hall–Kier alpha value is -3.85. The van der Waals surface area contributed by atoms with Gasteiger partial charge in [-0.05, 0) is 44.2 Å². The summed E-state index contributed by atoms with van der Waals surface area (Å²) in [4.78, 5) is 59.7. The second-order valence-corrected chi connectivity index (χ2v) is 8.89. The van der Waals surface area contributed by atoms with Crippen LogP contribution in [0.15, 0.2) is 65.8 Å². The molecule has 1 aromatic heterocycles. The number of Topliss-reactive ketones (excluding diaryl/α,β-unsaturated/α-hetero) is 1. The van der Waals surface area contributed by atoms with Crippen LogP contribution in [0.1, 0.15) is 38.5 Å². The Labute approximate surface area is 200 Å². The van der Waals surface area contributed by atoms with Crippen LogP contribution in [0.5, 0.6) is 0 Å². The zero-order chi connectivity index (χ0) is 24.2. The molecule has 2 aromatic carbocycles. The minimum atomic E-state index is -0.671. The number of ether oxygens (including phenoxy) is 1. The Bertz CT molecular complexity index is 1240. The zero-order valence-electron chi connectivity index (χ0n) is 18.6. The molecule has 1 saturated heterocycles. The number of carbonyl (C=O) groups excluding carboxylic acids is 4. The van der Waals surface area contributed by atoms with Gasteiger partial charge >= 0.3 is 5.97 Å².